The van der Waals surface area contributed by atoms with Crippen molar-refractivity contribution >= 4 is 11.6 Å². The third kappa shape index (κ3) is 6.57. The zero-order valence-corrected chi connectivity index (χ0v) is 23.4. The van der Waals surface area contributed by atoms with Gasteiger partial charge < -0.3 is 20.0 Å². The van der Waals surface area contributed by atoms with Crippen molar-refractivity contribution in [3.05, 3.63) is 65.5 Å². The van der Waals surface area contributed by atoms with Crippen LogP contribution in [0.2, 0.25) is 0 Å². The molecule has 0 aliphatic carbocycles. The number of nitrogens with one attached hydrogen (secondary N) is 1. The molecule has 0 amide bonds. The fourth-order valence-corrected chi connectivity index (χ4v) is 5.98. The van der Waals surface area contributed by atoms with Gasteiger partial charge in [0.25, 0.3) is 0 Å². The summed E-state index contributed by atoms with van der Waals surface area (Å²) >= 11 is 0. The molecular formula is C31H42N8. The van der Waals surface area contributed by atoms with Crippen molar-refractivity contribution in [2.75, 3.05) is 76.2 Å². The lowest BCUT2D eigenvalue weighted by atomic mass is 10.0. The summed E-state index contributed by atoms with van der Waals surface area (Å²) in [5.74, 6) is 2.82. The van der Waals surface area contributed by atoms with Crippen LogP contribution < -0.4 is 10.2 Å². The number of likely N-dealkylation sites (N-methyl/N-ethyl adjacent to an activating group) is 1. The first-order chi connectivity index (χ1) is 19.2. The highest BCUT2D eigenvalue weighted by Gasteiger charge is 2.24. The van der Waals surface area contributed by atoms with Gasteiger partial charge in [-0.05, 0) is 63.6 Å². The summed E-state index contributed by atoms with van der Waals surface area (Å²) in [6.45, 7) is 11.6. The molecule has 5 heterocycles. The van der Waals surface area contributed by atoms with E-state index in [1.165, 1.54) is 42.8 Å². The van der Waals surface area contributed by atoms with Crippen LogP contribution >= 0.6 is 0 Å². The first-order valence-electron chi connectivity index (χ1n) is 14.7. The number of anilines is 2. The standard InChI is InChI=1S/C31H42N8/c1-36-18-20-39(21-19-36)29-11-10-26(22-33-29)30-34-28-12-17-38(23-25-8-3-2-4-9-25)24-27(28)31(35-30)32-13-7-16-37-14-5-6-15-37/h2-4,8-11,22H,5-7,12-21,23-24H2,1H3,(H,32,34,35). The van der Waals surface area contributed by atoms with Gasteiger partial charge in [-0.3, -0.25) is 4.90 Å². The Kier molecular flexibility index (Phi) is 8.33. The van der Waals surface area contributed by atoms with Crippen molar-refractivity contribution in [3.8, 4) is 11.4 Å². The molecule has 0 atom stereocenters. The van der Waals surface area contributed by atoms with Crippen LogP contribution in [-0.2, 0) is 19.5 Å². The monoisotopic (exact) mass is 526 g/mol. The lowest BCUT2D eigenvalue weighted by Crippen LogP contribution is -2.44. The van der Waals surface area contributed by atoms with Gasteiger partial charge in [-0.15, -0.1) is 0 Å². The SMILES string of the molecule is CN1CCN(c2ccc(-c3nc4c(c(NCCCN5CCCC5)n3)CN(Cc3ccccc3)CC4)cn2)CC1. The number of pyridine rings is 1. The molecule has 2 saturated heterocycles. The van der Waals surface area contributed by atoms with Gasteiger partial charge >= 0.3 is 0 Å². The third-order valence-electron chi connectivity index (χ3n) is 8.36. The summed E-state index contributed by atoms with van der Waals surface area (Å²) in [6.07, 6.45) is 6.71. The highest BCUT2D eigenvalue weighted by atomic mass is 15.3. The van der Waals surface area contributed by atoms with Crippen LogP contribution in [0.4, 0.5) is 11.6 Å². The Balaban J connectivity index is 1.20. The van der Waals surface area contributed by atoms with Crippen LogP contribution in [0.15, 0.2) is 48.7 Å². The predicted octanol–water partition coefficient (Wildman–Crippen LogP) is 3.75. The Labute approximate surface area is 233 Å². The maximum absolute atomic E-state index is 5.10. The normalized spacial score (nSPS) is 18.8. The van der Waals surface area contributed by atoms with Crippen LogP contribution in [0, 0.1) is 0 Å². The Hall–Kier alpha value is -3.07. The molecule has 1 N–H and O–H groups in total. The molecular weight excluding hydrogens is 484 g/mol. The number of piperazine rings is 1. The second kappa shape index (κ2) is 12.4. The predicted molar refractivity (Wildman–Crippen MR) is 158 cm³/mol. The number of nitrogens with zero attached hydrogens (tertiary/aromatic N) is 7. The lowest BCUT2D eigenvalue weighted by molar-refractivity contribution is 0.243. The van der Waals surface area contributed by atoms with E-state index in [4.69, 9.17) is 15.0 Å². The molecule has 0 spiro atoms. The maximum Gasteiger partial charge on any atom is 0.163 e. The zero-order valence-electron chi connectivity index (χ0n) is 23.4. The molecule has 3 aliphatic rings. The molecule has 8 nitrogen and oxygen atoms in total. The van der Waals surface area contributed by atoms with Gasteiger partial charge in [0.2, 0.25) is 0 Å². The Morgan fingerprint density at radius 1 is 0.846 bits per heavy atom. The van der Waals surface area contributed by atoms with Crippen LogP contribution in [0.3, 0.4) is 0 Å². The minimum atomic E-state index is 0.782. The highest BCUT2D eigenvalue weighted by molar-refractivity contribution is 5.61. The van der Waals surface area contributed by atoms with E-state index in [1.54, 1.807) is 0 Å². The van der Waals surface area contributed by atoms with Crippen molar-refractivity contribution in [1.82, 2.24) is 29.7 Å². The second-order valence-electron chi connectivity index (χ2n) is 11.3. The smallest absolute Gasteiger partial charge is 0.163 e. The van der Waals surface area contributed by atoms with Gasteiger partial charge in [-0.1, -0.05) is 30.3 Å². The molecule has 0 saturated carbocycles. The van der Waals surface area contributed by atoms with E-state index in [9.17, 15) is 0 Å². The number of likely N-dealkylation sites (tertiary alicyclic amines) is 1. The molecule has 3 aromatic rings. The van der Waals surface area contributed by atoms with Gasteiger partial charge in [-0.2, -0.15) is 0 Å². The van der Waals surface area contributed by atoms with Crippen molar-refractivity contribution < 1.29 is 0 Å². The van der Waals surface area contributed by atoms with E-state index in [0.717, 1.165) is 94.8 Å². The number of hydrogen-bond donors (Lipinski definition) is 1. The third-order valence-corrected chi connectivity index (χ3v) is 8.36. The van der Waals surface area contributed by atoms with E-state index in [2.05, 4.69) is 74.4 Å². The van der Waals surface area contributed by atoms with Crippen LogP contribution in [0.25, 0.3) is 11.4 Å². The summed E-state index contributed by atoms with van der Waals surface area (Å²) in [4.78, 5) is 24.8. The summed E-state index contributed by atoms with van der Waals surface area (Å²) in [6, 6.07) is 15.0. The minimum absolute atomic E-state index is 0.782. The molecule has 3 aliphatic heterocycles. The maximum atomic E-state index is 5.10. The molecule has 0 bridgehead atoms. The number of fused-ring (bicyclic) bond motifs is 1. The van der Waals surface area contributed by atoms with E-state index in [1.807, 2.05) is 6.20 Å². The van der Waals surface area contributed by atoms with Crippen LogP contribution in [0.5, 0.6) is 0 Å². The quantitative estimate of drug-likeness (QED) is 0.423. The fourth-order valence-electron chi connectivity index (χ4n) is 5.98. The lowest BCUT2D eigenvalue weighted by Gasteiger charge is -2.33. The summed E-state index contributed by atoms with van der Waals surface area (Å²) < 4.78 is 0. The van der Waals surface area contributed by atoms with Gasteiger partial charge in [0, 0.05) is 76.1 Å². The number of hydrogen-bond acceptors (Lipinski definition) is 8. The Bertz CT molecular complexity index is 1200. The summed E-state index contributed by atoms with van der Waals surface area (Å²) in [5, 5.41) is 3.72. The van der Waals surface area contributed by atoms with Crippen molar-refractivity contribution in [3.63, 3.8) is 0 Å². The van der Waals surface area contributed by atoms with Gasteiger partial charge in [0.05, 0.1) is 5.69 Å². The molecule has 1 aromatic carbocycles. The minimum Gasteiger partial charge on any atom is -0.370 e. The topological polar surface area (TPSA) is 63.7 Å². The molecule has 0 radical (unpaired) electrons. The first-order valence-corrected chi connectivity index (χ1v) is 14.7. The van der Waals surface area contributed by atoms with Crippen LogP contribution in [0.1, 0.15) is 36.1 Å². The van der Waals surface area contributed by atoms with Gasteiger partial charge in [0.1, 0.15) is 11.6 Å². The largest absolute Gasteiger partial charge is 0.370 e. The van der Waals surface area contributed by atoms with Crippen molar-refractivity contribution in [2.45, 2.75) is 38.8 Å². The molecule has 2 aromatic heterocycles. The molecule has 6 rings (SSSR count). The number of benzene rings is 1. The van der Waals surface area contributed by atoms with Gasteiger partial charge in [-0.25, -0.2) is 15.0 Å². The first kappa shape index (κ1) is 26.2. The summed E-state index contributed by atoms with van der Waals surface area (Å²) in [5.41, 5.74) is 4.77. The number of rotatable bonds is 9. The molecule has 206 valence electrons. The van der Waals surface area contributed by atoms with Crippen molar-refractivity contribution in [1.29, 1.82) is 0 Å². The average molecular weight is 527 g/mol. The summed E-state index contributed by atoms with van der Waals surface area (Å²) in [7, 11) is 2.18. The molecule has 39 heavy (non-hydrogen) atoms. The second-order valence-corrected chi connectivity index (χ2v) is 11.3. The molecule has 8 heteroatoms. The van der Waals surface area contributed by atoms with Gasteiger partial charge in [0.15, 0.2) is 5.82 Å². The van der Waals surface area contributed by atoms with E-state index < -0.39 is 0 Å². The highest BCUT2D eigenvalue weighted by Crippen LogP contribution is 2.29. The Morgan fingerprint density at radius 3 is 2.44 bits per heavy atom. The molecule has 2 fully saturated rings. The van der Waals surface area contributed by atoms with Crippen LogP contribution in [-0.4, -0.2) is 95.6 Å². The van der Waals surface area contributed by atoms with E-state index >= 15 is 0 Å². The zero-order chi connectivity index (χ0) is 26.4. The van der Waals surface area contributed by atoms with E-state index in [0.29, 0.717) is 0 Å². The number of aromatic nitrogens is 3. The average Bonchev–Trinajstić information content (AvgIpc) is 3.50. The Morgan fingerprint density at radius 2 is 1.67 bits per heavy atom. The fraction of sp³-hybridized carbons (Fsp3) is 0.516. The molecule has 0 unspecified atom stereocenters. The van der Waals surface area contributed by atoms with E-state index in [-0.39, 0.29) is 0 Å². The van der Waals surface area contributed by atoms with Crippen molar-refractivity contribution in [2.24, 2.45) is 0 Å².